The Morgan fingerprint density at radius 3 is 2.15 bits per heavy atom. The van der Waals surface area contributed by atoms with E-state index in [-0.39, 0.29) is 0 Å². The van der Waals surface area contributed by atoms with Crippen molar-refractivity contribution in [2.24, 2.45) is 0 Å². The second-order valence-electron chi connectivity index (χ2n) is 3.94. The molecule has 0 atom stereocenters. The van der Waals surface area contributed by atoms with E-state index in [0.717, 1.165) is 24.3 Å². The molecule has 0 aliphatic carbocycles. The molecule has 0 spiro atoms. The summed E-state index contributed by atoms with van der Waals surface area (Å²) in [5, 5.41) is 8.65. The maximum Gasteiger partial charge on any atom is 0.417 e. The van der Waals surface area contributed by atoms with Crippen LogP contribution in [0, 0.1) is 23.0 Å². The number of alkyl halides is 3. The molecular weight excluding hydrogens is 277 g/mol. The number of nitrogens with zero attached hydrogens (tertiary/aromatic N) is 1. The first-order valence-electron chi connectivity index (χ1n) is 5.41. The number of rotatable bonds is 1. The zero-order valence-electron chi connectivity index (χ0n) is 9.80. The third kappa shape index (κ3) is 2.35. The smallest absolute Gasteiger partial charge is 0.205 e. The molecule has 0 aliphatic heterocycles. The van der Waals surface area contributed by atoms with Crippen LogP contribution >= 0.6 is 0 Å². The van der Waals surface area contributed by atoms with Gasteiger partial charge in [-0.1, -0.05) is 18.2 Å². The first-order chi connectivity index (χ1) is 9.36. The van der Waals surface area contributed by atoms with Gasteiger partial charge >= 0.3 is 6.18 Å². The third-order valence-corrected chi connectivity index (χ3v) is 2.73. The van der Waals surface area contributed by atoms with E-state index in [2.05, 4.69) is 0 Å². The van der Waals surface area contributed by atoms with Gasteiger partial charge < -0.3 is 0 Å². The molecular formula is C14H6F5N. The van der Waals surface area contributed by atoms with Gasteiger partial charge in [0, 0.05) is 5.56 Å². The molecule has 0 amide bonds. The van der Waals surface area contributed by atoms with Gasteiger partial charge in [-0.05, 0) is 23.8 Å². The summed E-state index contributed by atoms with van der Waals surface area (Å²) < 4.78 is 65.8. The number of hydrogen-bond acceptors (Lipinski definition) is 1. The summed E-state index contributed by atoms with van der Waals surface area (Å²) in [7, 11) is 0. The Hall–Kier alpha value is -2.42. The van der Waals surface area contributed by atoms with Crippen molar-refractivity contribution < 1.29 is 22.0 Å². The summed E-state index contributed by atoms with van der Waals surface area (Å²) >= 11 is 0. The van der Waals surface area contributed by atoms with Crippen molar-refractivity contribution in [1.29, 1.82) is 5.26 Å². The summed E-state index contributed by atoms with van der Waals surface area (Å²) in [4.78, 5) is 0. The van der Waals surface area contributed by atoms with Gasteiger partial charge in [-0.2, -0.15) is 18.4 Å². The van der Waals surface area contributed by atoms with Crippen LogP contribution in [-0.2, 0) is 6.18 Å². The molecule has 0 N–H and O–H groups in total. The highest BCUT2D eigenvalue weighted by Crippen LogP contribution is 2.38. The summed E-state index contributed by atoms with van der Waals surface area (Å²) in [6.45, 7) is 0. The molecule has 0 bridgehead atoms. The van der Waals surface area contributed by atoms with Crippen molar-refractivity contribution in [3.05, 3.63) is 59.2 Å². The molecule has 0 unspecified atom stereocenters. The standard InChI is InChI=1S/C14H6F5N/c15-12-6-5-9(13(16)10(12)7-20)8-3-1-2-4-11(8)14(17,18)19/h1-6H. The van der Waals surface area contributed by atoms with Gasteiger partial charge in [-0.3, -0.25) is 0 Å². The fourth-order valence-electron chi connectivity index (χ4n) is 1.83. The van der Waals surface area contributed by atoms with E-state index in [0.29, 0.717) is 0 Å². The Morgan fingerprint density at radius 1 is 0.900 bits per heavy atom. The molecule has 2 aromatic rings. The first-order valence-corrected chi connectivity index (χ1v) is 5.41. The molecule has 0 saturated heterocycles. The van der Waals surface area contributed by atoms with E-state index < -0.39 is 40.1 Å². The third-order valence-electron chi connectivity index (χ3n) is 2.73. The fraction of sp³-hybridized carbons (Fsp3) is 0.0714. The Balaban J connectivity index is 2.75. The molecule has 20 heavy (non-hydrogen) atoms. The molecule has 0 heterocycles. The average molecular weight is 283 g/mol. The quantitative estimate of drug-likeness (QED) is 0.706. The molecule has 0 saturated carbocycles. The van der Waals surface area contributed by atoms with Crippen LogP contribution in [-0.4, -0.2) is 0 Å². The Labute approximate surface area is 110 Å². The highest BCUT2D eigenvalue weighted by Gasteiger charge is 2.34. The lowest BCUT2D eigenvalue weighted by Gasteiger charge is -2.13. The van der Waals surface area contributed by atoms with Crippen LogP contribution < -0.4 is 0 Å². The van der Waals surface area contributed by atoms with E-state index in [4.69, 9.17) is 5.26 Å². The summed E-state index contributed by atoms with van der Waals surface area (Å²) in [6, 6.07) is 7.29. The summed E-state index contributed by atoms with van der Waals surface area (Å²) in [6.07, 6.45) is -4.68. The molecule has 0 radical (unpaired) electrons. The molecule has 6 heteroatoms. The van der Waals surface area contributed by atoms with Crippen LogP contribution in [0.4, 0.5) is 22.0 Å². The molecule has 2 aromatic carbocycles. The van der Waals surface area contributed by atoms with Crippen LogP contribution in [0.3, 0.4) is 0 Å². The second kappa shape index (κ2) is 4.93. The van der Waals surface area contributed by atoms with Gasteiger partial charge in [0.1, 0.15) is 17.4 Å². The summed E-state index contributed by atoms with van der Waals surface area (Å²) in [5.41, 5.74) is -2.85. The van der Waals surface area contributed by atoms with Crippen molar-refractivity contribution in [2.75, 3.05) is 0 Å². The highest BCUT2D eigenvalue weighted by atomic mass is 19.4. The minimum atomic E-state index is -4.68. The maximum absolute atomic E-state index is 14.0. The van der Waals surface area contributed by atoms with Crippen LogP contribution in [0.5, 0.6) is 0 Å². The Kier molecular flexibility index (Phi) is 3.45. The van der Waals surface area contributed by atoms with Crippen molar-refractivity contribution in [3.8, 4) is 17.2 Å². The lowest BCUT2D eigenvalue weighted by atomic mass is 9.97. The lowest BCUT2D eigenvalue weighted by molar-refractivity contribution is -0.137. The SMILES string of the molecule is N#Cc1c(F)ccc(-c2ccccc2C(F)(F)F)c1F. The summed E-state index contributed by atoms with van der Waals surface area (Å²) in [5.74, 6) is -2.41. The van der Waals surface area contributed by atoms with E-state index in [1.54, 1.807) is 0 Å². The van der Waals surface area contributed by atoms with E-state index in [9.17, 15) is 22.0 Å². The van der Waals surface area contributed by atoms with Crippen molar-refractivity contribution in [3.63, 3.8) is 0 Å². The fourth-order valence-corrected chi connectivity index (χ4v) is 1.83. The average Bonchev–Trinajstić information content (AvgIpc) is 2.38. The van der Waals surface area contributed by atoms with Crippen molar-refractivity contribution in [2.45, 2.75) is 6.18 Å². The van der Waals surface area contributed by atoms with Crippen LogP contribution in [0.25, 0.3) is 11.1 Å². The van der Waals surface area contributed by atoms with Gasteiger partial charge in [0.2, 0.25) is 0 Å². The molecule has 0 fully saturated rings. The monoisotopic (exact) mass is 283 g/mol. The highest BCUT2D eigenvalue weighted by molar-refractivity contribution is 5.70. The van der Waals surface area contributed by atoms with Gasteiger partial charge in [-0.25, -0.2) is 8.78 Å². The zero-order chi connectivity index (χ0) is 14.9. The Bertz CT molecular complexity index is 698. The minimum Gasteiger partial charge on any atom is -0.205 e. The molecule has 0 aliphatic rings. The number of nitriles is 1. The first kappa shape index (κ1) is 14.0. The van der Waals surface area contributed by atoms with Crippen LogP contribution in [0.2, 0.25) is 0 Å². The predicted octanol–water partition coefficient (Wildman–Crippen LogP) is 4.52. The number of hydrogen-bond donors (Lipinski definition) is 0. The second-order valence-corrected chi connectivity index (χ2v) is 3.94. The van der Waals surface area contributed by atoms with Gasteiger partial charge in [0.25, 0.3) is 0 Å². The van der Waals surface area contributed by atoms with Crippen molar-refractivity contribution >= 4 is 0 Å². The number of benzene rings is 2. The van der Waals surface area contributed by atoms with Gasteiger partial charge in [0.05, 0.1) is 5.56 Å². The normalized spacial score (nSPS) is 11.2. The largest absolute Gasteiger partial charge is 0.417 e. The van der Waals surface area contributed by atoms with E-state index in [1.807, 2.05) is 0 Å². The van der Waals surface area contributed by atoms with E-state index >= 15 is 0 Å². The molecule has 1 nitrogen and oxygen atoms in total. The maximum atomic E-state index is 14.0. The Morgan fingerprint density at radius 2 is 1.55 bits per heavy atom. The molecule has 2 rings (SSSR count). The van der Waals surface area contributed by atoms with Gasteiger partial charge in [-0.15, -0.1) is 0 Å². The van der Waals surface area contributed by atoms with E-state index in [1.165, 1.54) is 18.2 Å². The zero-order valence-corrected chi connectivity index (χ0v) is 9.80. The predicted molar refractivity (Wildman–Crippen MR) is 61.5 cm³/mol. The molecule has 0 aromatic heterocycles. The topological polar surface area (TPSA) is 23.8 Å². The minimum absolute atomic E-state index is 0.436. The number of halogens is 5. The van der Waals surface area contributed by atoms with Crippen LogP contribution in [0.1, 0.15) is 11.1 Å². The lowest BCUT2D eigenvalue weighted by Crippen LogP contribution is -2.08. The molecule has 102 valence electrons. The van der Waals surface area contributed by atoms with Crippen LogP contribution in [0.15, 0.2) is 36.4 Å². The van der Waals surface area contributed by atoms with Crippen molar-refractivity contribution in [1.82, 2.24) is 0 Å². The van der Waals surface area contributed by atoms with Gasteiger partial charge in [0.15, 0.2) is 5.82 Å².